The Labute approximate surface area is 121 Å². The summed E-state index contributed by atoms with van der Waals surface area (Å²) in [5.41, 5.74) is 5.31. The maximum absolute atomic E-state index is 4.12. The van der Waals surface area contributed by atoms with E-state index in [9.17, 15) is 0 Å². The quantitative estimate of drug-likeness (QED) is 0.756. The third kappa shape index (κ3) is 1.94. The molecule has 0 N–H and O–H groups in total. The first-order valence-electron chi connectivity index (χ1n) is 7.21. The standard InChI is InChI=1S/C19H21N/c1-15(2)20-14-13-19(3,16-9-5-4-6-10-16)17-11-7-8-12-18(17)20/h4-12H,1,13-14H2,2-3H3. The fraction of sp³-hybridized carbons (Fsp3) is 0.263. The molecule has 0 radical (unpaired) electrons. The number of anilines is 1. The van der Waals surface area contributed by atoms with Crippen LogP contribution in [0.5, 0.6) is 0 Å². The Morgan fingerprint density at radius 1 is 1.05 bits per heavy atom. The molecule has 2 aromatic rings. The van der Waals surface area contributed by atoms with E-state index in [-0.39, 0.29) is 5.41 Å². The van der Waals surface area contributed by atoms with Gasteiger partial charge >= 0.3 is 0 Å². The van der Waals surface area contributed by atoms with Crippen LogP contribution in [-0.4, -0.2) is 6.54 Å². The van der Waals surface area contributed by atoms with Gasteiger partial charge in [-0.25, -0.2) is 0 Å². The number of hydrogen-bond donors (Lipinski definition) is 0. The van der Waals surface area contributed by atoms with Gasteiger partial charge in [0.25, 0.3) is 0 Å². The van der Waals surface area contributed by atoms with Crippen LogP contribution in [0.4, 0.5) is 5.69 Å². The summed E-state index contributed by atoms with van der Waals surface area (Å²) in [6.07, 6.45) is 1.11. The minimum absolute atomic E-state index is 0.0871. The molecular formula is C19H21N. The summed E-state index contributed by atoms with van der Waals surface area (Å²) in [6, 6.07) is 19.6. The van der Waals surface area contributed by atoms with E-state index in [1.165, 1.54) is 16.8 Å². The van der Waals surface area contributed by atoms with Crippen molar-refractivity contribution in [2.45, 2.75) is 25.7 Å². The molecule has 0 saturated carbocycles. The van der Waals surface area contributed by atoms with E-state index in [4.69, 9.17) is 0 Å². The largest absolute Gasteiger partial charge is 0.346 e. The molecule has 0 aliphatic carbocycles. The molecule has 0 spiro atoms. The minimum atomic E-state index is 0.0871. The first-order chi connectivity index (χ1) is 9.63. The van der Waals surface area contributed by atoms with Crippen LogP contribution in [0.2, 0.25) is 0 Å². The van der Waals surface area contributed by atoms with E-state index in [0.29, 0.717) is 0 Å². The predicted molar refractivity (Wildman–Crippen MR) is 86.1 cm³/mol. The molecule has 1 atom stereocenters. The highest BCUT2D eigenvalue weighted by atomic mass is 15.1. The highest BCUT2D eigenvalue weighted by Crippen LogP contribution is 2.44. The molecule has 1 aliphatic heterocycles. The highest BCUT2D eigenvalue weighted by molar-refractivity contribution is 5.64. The Kier molecular flexibility index (Phi) is 3.13. The zero-order valence-electron chi connectivity index (χ0n) is 12.3. The topological polar surface area (TPSA) is 3.24 Å². The summed E-state index contributed by atoms with van der Waals surface area (Å²) in [5.74, 6) is 0. The second kappa shape index (κ2) is 4.82. The van der Waals surface area contributed by atoms with Gasteiger partial charge in [0.05, 0.1) is 0 Å². The van der Waals surface area contributed by atoms with Crippen LogP contribution in [0.25, 0.3) is 0 Å². The Morgan fingerprint density at radius 2 is 1.70 bits per heavy atom. The predicted octanol–water partition coefficient (Wildman–Crippen LogP) is 4.74. The molecular weight excluding hydrogens is 242 g/mol. The number of allylic oxidation sites excluding steroid dienone is 1. The van der Waals surface area contributed by atoms with E-state index in [0.717, 1.165) is 18.7 Å². The average molecular weight is 263 g/mol. The molecule has 3 rings (SSSR count). The van der Waals surface area contributed by atoms with Crippen molar-refractivity contribution in [3.05, 3.63) is 78.0 Å². The van der Waals surface area contributed by atoms with Gasteiger partial charge in [0.15, 0.2) is 0 Å². The first-order valence-corrected chi connectivity index (χ1v) is 7.21. The van der Waals surface area contributed by atoms with Crippen LogP contribution in [0, 0.1) is 0 Å². The maximum atomic E-state index is 4.12. The van der Waals surface area contributed by atoms with Crippen LogP contribution in [-0.2, 0) is 5.41 Å². The van der Waals surface area contributed by atoms with Crippen molar-refractivity contribution < 1.29 is 0 Å². The number of hydrogen-bond acceptors (Lipinski definition) is 1. The fourth-order valence-corrected chi connectivity index (χ4v) is 3.27. The Bertz CT molecular complexity index is 629. The lowest BCUT2D eigenvalue weighted by Crippen LogP contribution is -2.38. The van der Waals surface area contributed by atoms with E-state index in [1.54, 1.807) is 0 Å². The minimum Gasteiger partial charge on any atom is -0.346 e. The molecule has 2 aromatic carbocycles. The second-order valence-corrected chi connectivity index (χ2v) is 5.85. The Hall–Kier alpha value is -2.02. The van der Waals surface area contributed by atoms with Gasteiger partial charge in [-0.05, 0) is 30.5 Å². The molecule has 1 aliphatic rings. The van der Waals surface area contributed by atoms with Crippen molar-refractivity contribution in [3.63, 3.8) is 0 Å². The molecule has 0 fully saturated rings. The van der Waals surface area contributed by atoms with Crippen LogP contribution in [0.15, 0.2) is 66.9 Å². The SMILES string of the molecule is C=C(C)N1CCC(C)(c2ccccc2)c2ccccc21. The van der Waals surface area contributed by atoms with Crippen LogP contribution in [0.1, 0.15) is 31.4 Å². The molecule has 0 saturated heterocycles. The van der Waals surface area contributed by atoms with Crippen molar-refractivity contribution >= 4 is 5.69 Å². The van der Waals surface area contributed by atoms with Gasteiger partial charge in [-0.15, -0.1) is 0 Å². The van der Waals surface area contributed by atoms with Crippen LogP contribution < -0.4 is 4.90 Å². The summed E-state index contributed by atoms with van der Waals surface area (Å²) >= 11 is 0. The van der Waals surface area contributed by atoms with Crippen LogP contribution in [0.3, 0.4) is 0 Å². The second-order valence-electron chi connectivity index (χ2n) is 5.85. The summed E-state index contributed by atoms with van der Waals surface area (Å²) in [7, 11) is 0. The normalized spacial score (nSPS) is 21.4. The number of benzene rings is 2. The first kappa shape index (κ1) is 13.0. The molecule has 1 heterocycles. The van der Waals surface area contributed by atoms with Gasteiger partial charge in [0, 0.05) is 23.3 Å². The lowest BCUT2D eigenvalue weighted by atomic mass is 9.71. The molecule has 0 aromatic heterocycles. The summed E-state index contributed by atoms with van der Waals surface area (Å²) < 4.78 is 0. The van der Waals surface area contributed by atoms with Crippen molar-refractivity contribution in [1.82, 2.24) is 0 Å². The average Bonchev–Trinajstić information content (AvgIpc) is 2.48. The van der Waals surface area contributed by atoms with Gasteiger partial charge in [-0.2, -0.15) is 0 Å². The number of para-hydroxylation sites is 1. The highest BCUT2D eigenvalue weighted by Gasteiger charge is 2.36. The summed E-state index contributed by atoms with van der Waals surface area (Å²) in [4.78, 5) is 2.33. The smallest absolute Gasteiger partial charge is 0.0449 e. The number of nitrogens with zero attached hydrogens (tertiary/aromatic N) is 1. The molecule has 102 valence electrons. The van der Waals surface area contributed by atoms with Crippen molar-refractivity contribution in [3.8, 4) is 0 Å². The number of fused-ring (bicyclic) bond motifs is 1. The summed E-state index contributed by atoms with van der Waals surface area (Å²) in [5, 5.41) is 0. The molecule has 0 amide bonds. The zero-order chi connectivity index (χ0) is 14.2. The van der Waals surface area contributed by atoms with E-state index >= 15 is 0 Å². The summed E-state index contributed by atoms with van der Waals surface area (Å²) in [6.45, 7) is 9.59. The van der Waals surface area contributed by atoms with Gasteiger partial charge in [-0.1, -0.05) is 62.0 Å². The molecule has 1 nitrogen and oxygen atoms in total. The lowest BCUT2D eigenvalue weighted by molar-refractivity contribution is 0.499. The van der Waals surface area contributed by atoms with E-state index in [2.05, 4.69) is 79.9 Å². The Balaban J connectivity index is 2.16. The van der Waals surface area contributed by atoms with Crippen molar-refractivity contribution in [1.29, 1.82) is 0 Å². The van der Waals surface area contributed by atoms with E-state index in [1.807, 2.05) is 0 Å². The van der Waals surface area contributed by atoms with Crippen molar-refractivity contribution in [2.24, 2.45) is 0 Å². The maximum Gasteiger partial charge on any atom is 0.0449 e. The van der Waals surface area contributed by atoms with Gasteiger partial charge in [0.2, 0.25) is 0 Å². The third-order valence-electron chi connectivity index (χ3n) is 4.50. The molecule has 0 bridgehead atoms. The molecule has 1 heteroatoms. The zero-order valence-corrected chi connectivity index (χ0v) is 12.3. The van der Waals surface area contributed by atoms with Gasteiger partial charge < -0.3 is 4.90 Å². The third-order valence-corrected chi connectivity index (χ3v) is 4.50. The fourth-order valence-electron chi connectivity index (χ4n) is 3.27. The van der Waals surface area contributed by atoms with Gasteiger partial charge in [0.1, 0.15) is 0 Å². The molecule has 20 heavy (non-hydrogen) atoms. The van der Waals surface area contributed by atoms with E-state index < -0.39 is 0 Å². The van der Waals surface area contributed by atoms with Gasteiger partial charge in [-0.3, -0.25) is 0 Å². The van der Waals surface area contributed by atoms with Crippen LogP contribution >= 0.6 is 0 Å². The molecule has 1 unspecified atom stereocenters. The Morgan fingerprint density at radius 3 is 2.40 bits per heavy atom. The monoisotopic (exact) mass is 263 g/mol. The van der Waals surface area contributed by atoms with Crippen molar-refractivity contribution in [2.75, 3.05) is 11.4 Å². The lowest BCUT2D eigenvalue weighted by Gasteiger charge is -2.42. The number of rotatable bonds is 2.